The number of aryl methyl sites for hydroxylation is 3. The van der Waals surface area contributed by atoms with Crippen LogP contribution in [0.2, 0.25) is 19.6 Å². The fourth-order valence-corrected chi connectivity index (χ4v) is 10.6. The Balaban J connectivity index is 0.000000214. The maximum Gasteiger partial charge on any atom is 0.0798 e. The Morgan fingerprint density at radius 1 is 0.694 bits per heavy atom. The summed E-state index contributed by atoms with van der Waals surface area (Å²) in [7, 11) is -1.34. The van der Waals surface area contributed by atoms with Gasteiger partial charge in [0.15, 0.2) is 0 Å². The molecule has 7 aromatic carbocycles. The number of pyridine rings is 1. The molecule has 0 unspecified atom stereocenters. The van der Waals surface area contributed by atoms with Crippen molar-refractivity contribution >= 4 is 56.8 Å². The first-order valence-electron chi connectivity index (χ1n) is 21.3. The van der Waals surface area contributed by atoms with Gasteiger partial charge in [-0.3, -0.25) is 4.98 Å². The molecule has 4 nitrogen and oxygen atoms in total. The van der Waals surface area contributed by atoms with Crippen molar-refractivity contribution in [1.82, 2.24) is 14.5 Å². The zero-order valence-corrected chi connectivity index (χ0v) is 40.1. The van der Waals surface area contributed by atoms with E-state index in [1.54, 1.807) is 0 Å². The molecule has 6 heteroatoms. The molecular weight excluding hydrogens is 951 g/mol. The Morgan fingerprint density at radius 2 is 1.39 bits per heavy atom. The van der Waals surface area contributed by atoms with E-state index in [2.05, 4.69) is 198 Å². The number of nitrogens with zero attached hydrogens (tertiary/aromatic N) is 3. The van der Waals surface area contributed by atoms with Crippen molar-refractivity contribution in [2.45, 2.75) is 60.7 Å². The molecule has 3 aromatic heterocycles. The Morgan fingerprint density at radius 3 is 2.10 bits per heavy atom. The molecule has 0 spiro atoms. The third-order valence-corrected chi connectivity index (χ3v) is 13.8. The van der Waals surface area contributed by atoms with Crippen LogP contribution in [0.5, 0.6) is 0 Å². The summed E-state index contributed by atoms with van der Waals surface area (Å²) < 4.78 is 8.37. The summed E-state index contributed by atoms with van der Waals surface area (Å²) in [6.45, 7) is 18.3. The molecule has 0 bridgehead atoms. The molecule has 0 aliphatic carbocycles. The molecular formula is C56H51IrN3OSi-2. The second-order valence-corrected chi connectivity index (χ2v) is 22.9. The third kappa shape index (κ3) is 8.23. The minimum atomic E-state index is -1.34. The summed E-state index contributed by atoms with van der Waals surface area (Å²) in [6.07, 6.45) is 6.48. The van der Waals surface area contributed by atoms with Crippen molar-refractivity contribution in [3.8, 4) is 39.5 Å². The molecule has 0 N–H and O–H groups in total. The Labute approximate surface area is 380 Å². The van der Waals surface area contributed by atoms with Crippen molar-refractivity contribution in [2.75, 3.05) is 0 Å². The van der Waals surface area contributed by atoms with Gasteiger partial charge in [0.25, 0.3) is 0 Å². The second kappa shape index (κ2) is 17.5. The molecule has 3 heterocycles. The topological polar surface area (TPSA) is 43.9 Å². The minimum Gasteiger partial charge on any atom is -0.557 e. The van der Waals surface area contributed by atoms with Crippen LogP contribution < -0.4 is 5.19 Å². The van der Waals surface area contributed by atoms with E-state index in [4.69, 9.17) is 9.40 Å². The van der Waals surface area contributed by atoms with Gasteiger partial charge < -0.3 is 14.0 Å². The predicted octanol–water partition coefficient (Wildman–Crippen LogP) is 14.4. The Bertz CT molecular complexity index is 3190. The number of benzene rings is 7. The van der Waals surface area contributed by atoms with E-state index in [0.29, 0.717) is 5.92 Å². The number of imidazole rings is 1. The van der Waals surface area contributed by atoms with Crippen molar-refractivity contribution in [3.63, 3.8) is 0 Å². The first kappa shape index (κ1) is 42.8. The number of para-hydroxylation sites is 2. The van der Waals surface area contributed by atoms with Gasteiger partial charge in [-0.15, -0.1) is 35.9 Å². The number of rotatable bonds is 7. The summed E-state index contributed by atoms with van der Waals surface area (Å²) in [5, 5.41) is 7.38. The Kier molecular flexibility index (Phi) is 12.0. The Hall–Kier alpha value is -5.91. The van der Waals surface area contributed by atoms with Crippen molar-refractivity contribution in [1.29, 1.82) is 0 Å². The number of hydrogen-bond acceptors (Lipinski definition) is 3. The molecule has 10 aromatic rings. The van der Waals surface area contributed by atoms with Crippen LogP contribution in [0.15, 0.2) is 150 Å². The fraction of sp³-hybridized carbons (Fsp3) is 0.179. The van der Waals surface area contributed by atoms with Gasteiger partial charge in [-0.05, 0) is 118 Å². The van der Waals surface area contributed by atoms with Crippen LogP contribution in [0.25, 0.3) is 83.0 Å². The standard InChI is InChI=1S/C38H27N2O.C18H24NSi.Ir/c1-23-17-27-20-32-33(22-41-36(32)21-31(27)30-14-8-7-13-29(23)30)38-39-34-15-9-10-16-35(34)40(38)28-18-24(2)37(25(3)19-28)26-11-5-4-6-12-26;1-14(2)11-16-12-17(15-9-7-6-8-10-15)19-13-18(16)20(3,4)5;/h4-21H,1-3H3;6-9,12-14H,11H2,1-5H3;/q2*-1;. The van der Waals surface area contributed by atoms with Crippen molar-refractivity contribution in [2.24, 2.45) is 5.92 Å². The molecule has 0 saturated carbocycles. The zero-order chi connectivity index (χ0) is 42.4. The second-order valence-electron chi connectivity index (χ2n) is 17.8. The monoisotopic (exact) mass is 1000 g/mol. The van der Waals surface area contributed by atoms with E-state index in [1.807, 2.05) is 24.3 Å². The fourth-order valence-electron chi connectivity index (χ4n) is 8.99. The largest absolute Gasteiger partial charge is 0.557 e. The molecule has 62 heavy (non-hydrogen) atoms. The van der Waals surface area contributed by atoms with Crippen LogP contribution in [0.4, 0.5) is 0 Å². The van der Waals surface area contributed by atoms with Crippen molar-refractivity contribution in [3.05, 3.63) is 180 Å². The average molecular weight is 1000 g/mol. The van der Waals surface area contributed by atoms with Gasteiger partial charge in [0.05, 0.1) is 24.9 Å². The maximum absolute atomic E-state index is 6.12. The summed E-state index contributed by atoms with van der Waals surface area (Å²) in [5.41, 5.74) is 14.6. The van der Waals surface area contributed by atoms with E-state index in [-0.39, 0.29) is 20.1 Å². The third-order valence-electron chi connectivity index (χ3n) is 11.7. The first-order valence-corrected chi connectivity index (χ1v) is 24.8. The molecule has 10 rings (SSSR count). The summed E-state index contributed by atoms with van der Waals surface area (Å²) in [6, 6.07) is 52.3. The summed E-state index contributed by atoms with van der Waals surface area (Å²) in [5.74, 6) is 1.49. The van der Waals surface area contributed by atoms with Gasteiger partial charge in [-0.25, -0.2) is 0 Å². The van der Waals surface area contributed by atoms with E-state index in [1.165, 1.54) is 60.1 Å². The van der Waals surface area contributed by atoms with Crippen LogP contribution in [-0.4, -0.2) is 22.6 Å². The van der Waals surface area contributed by atoms with Gasteiger partial charge >= 0.3 is 0 Å². The maximum atomic E-state index is 6.12. The number of aromatic nitrogens is 3. The molecule has 311 valence electrons. The molecule has 0 aliphatic rings. The summed E-state index contributed by atoms with van der Waals surface area (Å²) >= 11 is 0. The van der Waals surface area contributed by atoms with Gasteiger partial charge in [-0.1, -0.05) is 141 Å². The number of furan rings is 1. The summed E-state index contributed by atoms with van der Waals surface area (Å²) in [4.78, 5) is 9.83. The molecule has 0 aliphatic heterocycles. The normalized spacial score (nSPS) is 11.6. The van der Waals surface area contributed by atoms with Gasteiger partial charge in [0.2, 0.25) is 0 Å². The molecule has 0 atom stereocenters. The molecule has 0 fully saturated rings. The zero-order valence-electron chi connectivity index (χ0n) is 36.7. The van der Waals surface area contributed by atoms with Gasteiger partial charge in [0.1, 0.15) is 0 Å². The molecule has 0 amide bonds. The van der Waals surface area contributed by atoms with Crippen molar-refractivity contribution < 1.29 is 24.5 Å². The van der Waals surface area contributed by atoms with Gasteiger partial charge in [-0.2, -0.15) is 0 Å². The predicted molar refractivity (Wildman–Crippen MR) is 260 cm³/mol. The van der Waals surface area contributed by atoms with Crippen LogP contribution in [0.3, 0.4) is 0 Å². The average Bonchev–Trinajstić information content (AvgIpc) is 3.84. The van der Waals surface area contributed by atoms with E-state index in [0.717, 1.165) is 56.8 Å². The van der Waals surface area contributed by atoms with E-state index >= 15 is 0 Å². The smallest absolute Gasteiger partial charge is 0.0798 e. The minimum absolute atomic E-state index is 0. The van der Waals surface area contributed by atoms with E-state index < -0.39 is 8.07 Å². The van der Waals surface area contributed by atoms with E-state index in [9.17, 15) is 0 Å². The van der Waals surface area contributed by atoms with Crippen LogP contribution in [0, 0.1) is 39.0 Å². The van der Waals surface area contributed by atoms with Crippen LogP contribution >= 0.6 is 0 Å². The SMILES string of the molecule is CC(C)Cc1cc(-c2[c-]cccc2)ncc1[Si](C)(C)C.Cc1cc(-n2c(-c3[c-]oc4cc5c(cc(C)c6ccccc65)cc34)nc3ccccc32)cc(C)c1-c1ccccc1.[Ir]. The van der Waals surface area contributed by atoms with Gasteiger partial charge in [0, 0.05) is 43.8 Å². The number of hydrogen-bond donors (Lipinski definition) is 0. The molecule has 0 saturated heterocycles. The molecule has 1 radical (unpaired) electrons. The van der Waals surface area contributed by atoms with Crippen LogP contribution in [-0.2, 0) is 26.5 Å². The number of fused-ring (bicyclic) bond motifs is 5. The quantitative estimate of drug-likeness (QED) is 0.0908. The van der Waals surface area contributed by atoms with Crippen LogP contribution in [0.1, 0.15) is 36.1 Å². The first-order chi connectivity index (χ1) is 29.4.